The van der Waals surface area contributed by atoms with Crippen LogP contribution >= 0.6 is 23.4 Å². The lowest BCUT2D eigenvalue weighted by molar-refractivity contribution is -0.144. The van der Waals surface area contributed by atoms with Gasteiger partial charge in [-0.25, -0.2) is 0 Å². The molecule has 2 N–H and O–H groups in total. The van der Waals surface area contributed by atoms with Gasteiger partial charge in [0.1, 0.15) is 5.54 Å². The summed E-state index contributed by atoms with van der Waals surface area (Å²) in [6.07, 6.45) is 1.51. The molecular weight excluding hydrogens is 306 g/mol. The van der Waals surface area contributed by atoms with E-state index in [0.717, 1.165) is 22.9 Å². The van der Waals surface area contributed by atoms with Gasteiger partial charge in [-0.2, -0.15) is 11.8 Å². The van der Waals surface area contributed by atoms with E-state index < -0.39 is 11.5 Å². The zero-order valence-corrected chi connectivity index (χ0v) is 14.4. The van der Waals surface area contributed by atoms with Crippen molar-refractivity contribution in [1.82, 2.24) is 5.32 Å². The minimum atomic E-state index is -0.838. The van der Waals surface area contributed by atoms with Gasteiger partial charge < -0.3 is 5.11 Å². The highest BCUT2D eigenvalue weighted by atomic mass is 35.5. The Morgan fingerprint density at radius 3 is 2.52 bits per heavy atom. The van der Waals surface area contributed by atoms with Gasteiger partial charge in [-0.05, 0) is 57.1 Å². The van der Waals surface area contributed by atoms with E-state index in [-0.39, 0.29) is 6.04 Å². The van der Waals surface area contributed by atoms with Crippen molar-refractivity contribution in [3.05, 3.63) is 34.9 Å². The Kier molecular flexibility index (Phi) is 7.57. The van der Waals surface area contributed by atoms with E-state index in [0.29, 0.717) is 6.42 Å². The number of aliphatic carboxylic acids is 1. The number of hydrogen-bond acceptors (Lipinski definition) is 3. The molecular formula is C16H24ClNO2S. The van der Waals surface area contributed by atoms with Gasteiger partial charge in [0, 0.05) is 16.8 Å². The molecule has 0 saturated carbocycles. The lowest BCUT2D eigenvalue weighted by atomic mass is 9.95. The van der Waals surface area contributed by atoms with Crippen LogP contribution in [0, 0.1) is 0 Å². The topological polar surface area (TPSA) is 49.3 Å². The first kappa shape index (κ1) is 18.3. The summed E-state index contributed by atoms with van der Waals surface area (Å²) in [6.45, 7) is 5.70. The summed E-state index contributed by atoms with van der Waals surface area (Å²) in [5.41, 5.74) is 0.403. The highest BCUT2D eigenvalue weighted by Gasteiger charge is 2.32. The van der Waals surface area contributed by atoms with Gasteiger partial charge in [0.15, 0.2) is 0 Å². The second kappa shape index (κ2) is 8.66. The minimum absolute atomic E-state index is 0.160. The number of thioether (sulfide) groups is 1. The molecule has 21 heavy (non-hydrogen) atoms. The number of carbonyl (C=O) groups is 1. The van der Waals surface area contributed by atoms with E-state index in [2.05, 4.69) is 5.32 Å². The maximum atomic E-state index is 11.4. The van der Waals surface area contributed by atoms with Crippen LogP contribution in [0.5, 0.6) is 0 Å². The van der Waals surface area contributed by atoms with Gasteiger partial charge in [0.2, 0.25) is 0 Å². The average Bonchev–Trinajstić information content (AvgIpc) is 2.39. The van der Waals surface area contributed by atoms with E-state index in [1.165, 1.54) is 5.56 Å². The predicted molar refractivity (Wildman–Crippen MR) is 91.2 cm³/mol. The summed E-state index contributed by atoms with van der Waals surface area (Å²) in [5, 5.41) is 13.3. The molecule has 1 unspecified atom stereocenters. The third-order valence-electron chi connectivity index (χ3n) is 3.23. The second-order valence-electron chi connectivity index (χ2n) is 5.72. The van der Waals surface area contributed by atoms with Crippen LogP contribution < -0.4 is 5.32 Å². The molecule has 0 radical (unpaired) electrons. The molecule has 0 saturated heterocycles. The van der Waals surface area contributed by atoms with Gasteiger partial charge in [-0.3, -0.25) is 10.1 Å². The maximum Gasteiger partial charge on any atom is 0.323 e. The number of rotatable bonds is 9. The van der Waals surface area contributed by atoms with E-state index >= 15 is 0 Å². The molecule has 0 aromatic heterocycles. The Hall–Kier alpha value is -0.710. The van der Waals surface area contributed by atoms with E-state index in [1.807, 2.05) is 49.9 Å². The van der Waals surface area contributed by atoms with Crippen LogP contribution in [-0.4, -0.2) is 28.4 Å². The number of halogens is 1. The van der Waals surface area contributed by atoms with E-state index in [9.17, 15) is 9.90 Å². The quantitative estimate of drug-likeness (QED) is 0.667. The highest BCUT2D eigenvalue weighted by Crippen LogP contribution is 2.20. The molecule has 1 rings (SSSR count). The molecule has 1 aromatic rings. The summed E-state index contributed by atoms with van der Waals surface area (Å²) in [7, 11) is 0. The molecule has 0 spiro atoms. The molecule has 118 valence electrons. The van der Waals surface area contributed by atoms with Crippen molar-refractivity contribution in [1.29, 1.82) is 0 Å². The van der Waals surface area contributed by atoms with E-state index in [1.54, 1.807) is 6.92 Å². The molecule has 0 aliphatic carbocycles. The molecule has 0 bridgehead atoms. The van der Waals surface area contributed by atoms with Gasteiger partial charge in [-0.15, -0.1) is 0 Å². The number of hydrogen-bond donors (Lipinski definition) is 2. The molecule has 0 heterocycles. The lowest BCUT2D eigenvalue weighted by Gasteiger charge is -2.28. The Morgan fingerprint density at radius 2 is 2.00 bits per heavy atom. The first-order valence-corrected chi connectivity index (χ1v) is 8.70. The van der Waals surface area contributed by atoms with Gasteiger partial charge in [-0.1, -0.05) is 23.7 Å². The fourth-order valence-electron chi connectivity index (χ4n) is 2.18. The summed E-state index contributed by atoms with van der Waals surface area (Å²) < 4.78 is 0. The third kappa shape index (κ3) is 6.72. The summed E-state index contributed by atoms with van der Waals surface area (Å²) in [4.78, 5) is 11.4. The average molecular weight is 330 g/mol. The SMILES string of the molecule is CC(C)NC(C)(CCCSCc1ccc(Cl)cc1)C(=O)O. The van der Waals surface area contributed by atoms with Crippen LogP contribution in [-0.2, 0) is 10.5 Å². The maximum absolute atomic E-state index is 11.4. The normalized spacial score (nSPS) is 14.1. The standard InChI is InChI=1S/C16H24ClNO2S/c1-12(2)18-16(3,15(19)20)9-4-10-21-11-13-5-7-14(17)8-6-13/h5-8,12,18H,4,9-11H2,1-3H3,(H,19,20). The Balaban J connectivity index is 2.31. The predicted octanol–water partition coefficient (Wildman–Crippen LogP) is 4.19. The minimum Gasteiger partial charge on any atom is -0.480 e. The Morgan fingerprint density at radius 1 is 1.38 bits per heavy atom. The number of carboxylic acid groups (broad SMARTS) is 1. The molecule has 1 aromatic carbocycles. The molecule has 0 fully saturated rings. The lowest BCUT2D eigenvalue weighted by Crippen LogP contribution is -2.52. The fraction of sp³-hybridized carbons (Fsp3) is 0.562. The first-order valence-electron chi connectivity index (χ1n) is 7.17. The third-order valence-corrected chi connectivity index (χ3v) is 4.59. The van der Waals surface area contributed by atoms with Crippen LogP contribution in [0.2, 0.25) is 5.02 Å². The zero-order chi connectivity index (χ0) is 15.9. The van der Waals surface area contributed by atoms with Crippen molar-refractivity contribution >= 4 is 29.3 Å². The molecule has 5 heteroatoms. The highest BCUT2D eigenvalue weighted by molar-refractivity contribution is 7.98. The fourth-order valence-corrected chi connectivity index (χ4v) is 3.22. The number of benzene rings is 1. The van der Waals surface area contributed by atoms with Crippen molar-refractivity contribution in [2.24, 2.45) is 0 Å². The summed E-state index contributed by atoms with van der Waals surface area (Å²) in [6, 6.07) is 8.00. The molecule has 0 aliphatic rings. The van der Waals surface area contributed by atoms with Crippen LogP contribution in [0.4, 0.5) is 0 Å². The number of nitrogens with one attached hydrogen (secondary N) is 1. The van der Waals surface area contributed by atoms with Crippen LogP contribution in [0.15, 0.2) is 24.3 Å². The molecule has 0 aliphatic heterocycles. The Bertz CT molecular complexity index is 450. The van der Waals surface area contributed by atoms with Gasteiger partial charge >= 0.3 is 5.97 Å². The smallest absolute Gasteiger partial charge is 0.323 e. The second-order valence-corrected chi connectivity index (χ2v) is 7.26. The molecule has 3 nitrogen and oxygen atoms in total. The molecule has 0 amide bonds. The van der Waals surface area contributed by atoms with Crippen molar-refractivity contribution in [2.45, 2.75) is 50.9 Å². The number of carboxylic acids is 1. The largest absolute Gasteiger partial charge is 0.480 e. The Labute approximate surface area is 136 Å². The van der Waals surface area contributed by atoms with Gasteiger partial charge in [0.25, 0.3) is 0 Å². The van der Waals surface area contributed by atoms with Crippen LogP contribution in [0.3, 0.4) is 0 Å². The van der Waals surface area contributed by atoms with Gasteiger partial charge in [0.05, 0.1) is 0 Å². The first-order chi connectivity index (χ1) is 9.83. The zero-order valence-electron chi connectivity index (χ0n) is 12.9. The van der Waals surface area contributed by atoms with Crippen molar-refractivity contribution in [3.63, 3.8) is 0 Å². The van der Waals surface area contributed by atoms with Crippen molar-refractivity contribution in [3.8, 4) is 0 Å². The van der Waals surface area contributed by atoms with Crippen molar-refractivity contribution in [2.75, 3.05) is 5.75 Å². The van der Waals surface area contributed by atoms with Crippen LogP contribution in [0.25, 0.3) is 0 Å². The summed E-state index contributed by atoms with van der Waals surface area (Å²) in [5.74, 6) is 1.10. The van der Waals surface area contributed by atoms with E-state index in [4.69, 9.17) is 11.6 Å². The van der Waals surface area contributed by atoms with Crippen LogP contribution in [0.1, 0.15) is 39.2 Å². The summed E-state index contributed by atoms with van der Waals surface area (Å²) >= 11 is 7.67. The van der Waals surface area contributed by atoms with Crippen molar-refractivity contribution < 1.29 is 9.90 Å². The monoisotopic (exact) mass is 329 g/mol. The molecule has 1 atom stereocenters.